The molecule has 36 heavy (non-hydrogen) atoms. The topological polar surface area (TPSA) is 89.4 Å². The van der Waals surface area contributed by atoms with E-state index in [1.165, 1.54) is 6.07 Å². The normalized spacial score (nSPS) is 19.8. The molecule has 0 fully saturated rings. The number of amides is 2. The number of halogens is 2. The average molecular weight is 487 g/mol. The van der Waals surface area contributed by atoms with Crippen molar-refractivity contribution in [3.63, 3.8) is 0 Å². The molecule has 1 unspecified atom stereocenters. The zero-order valence-corrected chi connectivity index (χ0v) is 19.0. The second-order valence-corrected chi connectivity index (χ2v) is 9.28. The maximum Gasteiger partial charge on any atom is 0.387 e. The molecule has 180 valence electrons. The van der Waals surface area contributed by atoms with Gasteiger partial charge in [0.2, 0.25) is 5.91 Å². The van der Waals surface area contributed by atoms with Gasteiger partial charge in [-0.3, -0.25) is 9.59 Å². The number of hydrogen-bond acceptors (Lipinski definition) is 5. The number of aromatic nitrogens is 3. The van der Waals surface area contributed by atoms with Crippen LogP contribution in [0.15, 0.2) is 48.7 Å². The van der Waals surface area contributed by atoms with Gasteiger partial charge in [0.1, 0.15) is 17.4 Å². The Morgan fingerprint density at radius 1 is 1.11 bits per heavy atom. The van der Waals surface area contributed by atoms with E-state index in [9.17, 15) is 18.4 Å². The molecule has 0 aliphatic carbocycles. The van der Waals surface area contributed by atoms with Gasteiger partial charge in [0.25, 0.3) is 5.91 Å². The number of benzene rings is 2. The minimum absolute atomic E-state index is 0.000689. The molecule has 0 saturated heterocycles. The Labute approximate surface area is 203 Å². The quantitative estimate of drug-likeness (QED) is 0.465. The third-order valence-electron chi connectivity index (χ3n) is 7.32. The van der Waals surface area contributed by atoms with Crippen molar-refractivity contribution in [2.45, 2.75) is 31.5 Å². The molecule has 0 saturated carbocycles. The number of anilines is 1. The molecule has 2 aromatic carbocycles. The molecule has 8 nitrogen and oxygen atoms in total. The molecule has 2 amide bonds. The molecule has 7 rings (SSSR count). The smallest absolute Gasteiger partial charge is 0.387 e. The first-order valence-corrected chi connectivity index (χ1v) is 11.5. The zero-order chi connectivity index (χ0) is 24.7. The van der Waals surface area contributed by atoms with Gasteiger partial charge in [0.15, 0.2) is 0 Å². The zero-order valence-electron chi connectivity index (χ0n) is 19.0. The number of ether oxygens (including phenoxy) is 1. The van der Waals surface area contributed by atoms with Gasteiger partial charge in [-0.2, -0.15) is 8.78 Å². The lowest BCUT2D eigenvalue weighted by Gasteiger charge is -2.24. The Balaban J connectivity index is 1.42. The Bertz CT molecular complexity index is 1610. The number of hydrogen-bond donors (Lipinski definition) is 1. The first-order chi connectivity index (χ1) is 17.4. The van der Waals surface area contributed by atoms with Gasteiger partial charge in [-0.25, -0.2) is 9.97 Å². The lowest BCUT2D eigenvalue weighted by Crippen LogP contribution is -2.30. The lowest BCUT2D eigenvalue weighted by atomic mass is 9.97. The molecule has 3 aliphatic rings. The molecule has 0 radical (unpaired) electrons. The van der Waals surface area contributed by atoms with Gasteiger partial charge in [-0.05, 0) is 35.9 Å². The molecule has 2 aromatic heterocycles. The maximum absolute atomic E-state index is 13.3. The standard InChI is InChI=1S/C26H19F2N5O3/c1-32-19-10-18(22-15(25(32)35)3-2-4-20(22)36-26(27)28)33-17-8-12(5-6-16(17)30-24(19)33)14-7-13-9-21(34)31-23(13)29-11-14/h2-8,11,18-19,26H,9-10H2,1H3,(H,29,31,34)/t18-,19?/m1/s1. The fraction of sp³-hybridized carbons (Fsp3) is 0.231. The van der Waals surface area contributed by atoms with Crippen LogP contribution >= 0.6 is 0 Å². The summed E-state index contributed by atoms with van der Waals surface area (Å²) in [5, 5.41) is 2.74. The highest BCUT2D eigenvalue weighted by molar-refractivity contribution is 5.99. The van der Waals surface area contributed by atoms with E-state index in [1.54, 1.807) is 30.3 Å². The number of fused-ring (bicyclic) bond motifs is 10. The maximum atomic E-state index is 13.3. The number of carbonyl (C=O) groups excluding carboxylic acids is 2. The van der Waals surface area contributed by atoms with E-state index < -0.39 is 12.7 Å². The molecule has 1 N–H and O–H groups in total. The Kier molecular flexibility index (Phi) is 4.27. The highest BCUT2D eigenvalue weighted by atomic mass is 19.3. The summed E-state index contributed by atoms with van der Waals surface area (Å²) in [7, 11) is 1.71. The van der Waals surface area contributed by atoms with Gasteiger partial charge >= 0.3 is 6.61 Å². The molecule has 2 atom stereocenters. The van der Waals surface area contributed by atoms with Crippen molar-refractivity contribution >= 4 is 28.7 Å². The fourth-order valence-corrected chi connectivity index (χ4v) is 5.72. The Morgan fingerprint density at radius 3 is 2.81 bits per heavy atom. The number of carbonyl (C=O) groups is 2. The number of pyridine rings is 1. The average Bonchev–Trinajstić information content (AvgIpc) is 3.50. The number of nitrogens with one attached hydrogen (secondary N) is 1. The molecular weight excluding hydrogens is 468 g/mol. The van der Waals surface area contributed by atoms with Crippen molar-refractivity contribution in [1.29, 1.82) is 0 Å². The number of rotatable bonds is 3. The van der Waals surface area contributed by atoms with Gasteiger partial charge in [0, 0.05) is 41.9 Å². The molecule has 4 aromatic rings. The second kappa shape index (κ2) is 7.33. The SMILES string of the molecule is CN1C(=O)c2cccc(OC(F)F)c2[C@H]2CC1c1nc3ccc(-c4cnc5c(c4)CC(=O)N5)cc3n12. The van der Waals surface area contributed by atoms with Crippen molar-refractivity contribution in [2.75, 3.05) is 12.4 Å². The van der Waals surface area contributed by atoms with Crippen LogP contribution in [0.4, 0.5) is 14.6 Å². The highest BCUT2D eigenvalue weighted by Crippen LogP contribution is 2.50. The molecule has 2 bridgehead atoms. The summed E-state index contributed by atoms with van der Waals surface area (Å²) in [6, 6.07) is 11.8. The number of nitrogens with zero attached hydrogens (tertiary/aromatic N) is 4. The first kappa shape index (κ1) is 21.0. The monoisotopic (exact) mass is 487 g/mol. The molecular formula is C26H19F2N5O3. The predicted molar refractivity (Wildman–Crippen MR) is 126 cm³/mol. The van der Waals surface area contributed by atoms with Crippen molar-refractivity contribution in [2.24, 2.45) is 0 Å². The van der Waals surface area contributed by atoms with E-state index in [-0.39, 0.29) is 30.0 Å². The summed E-state index contributed by atoms with van der Waals surface area (Å²) < 4.78 is 33.5. The largest absolute Gasteiger partial charge is 0.434 e. The number of imidazole rings is 1. The summed E-state index contributed by atoms with van der Waals surface area (Å²) in [4.78, 5) is 35.9. The summed E-state index contributed by atoms with van der Waals surface area (Å²) in [5.74, 6) is 0.962. The summed E-state index contributed by atoms with van der Waals surface area (Å²) in [6.07, 6.45) is 2.51. The van der Waals surface area contributed by atoms with Crippen LogP contribution in [-0.4, -0.2) is 44.9 Å². The van der Waals surface area contributed by atoms with Crippen LogP contribution in [0, 0.1) is 0 Å². The minimum Gasteiger partial charge on any atom is -0.434 e. The summed E-state index contributed by atoms with van der Waals surface area (Å²) >= 11 is 0. The van der Waals surface area contributed by atoms with Gasteiger partial charge in [-0.1, -0.05) is 12.1 Å². The van der Waals surface area contributed by atoms with Crippen molar-refractivity contribution < 1.29 is 23.1 Å². The fourth-order valence-electron chi connectivity index (χ4n) is 5.72. The highest BCUT2D eigenvalue weighted by Gasteiger charge is 2.45. The van der Waals surface area contributed by atoms with E-state index >= 15 is 0 Å². The molecule has 10 heteroatoms. The summed E-state index contributed by atoms with van der Waals surface area (Å²) in [5.41, 5.74) is 4.95. The van der Waals surface area contributed by atoms with Crippen LogP contribution in [0.3, 0.4) is 0 Å². The molecule has 5 heterocycles. The lowest BCUT2D eigenvalue weighted by molar-refractivity contribution is -0.115. The van der Waals surface area contributed by atoms with Crippen molar-refractivity contribution in [3.05, 3.63) is 71.2 Å². The van der Waals surface area contributed by atoms with Crippen LogP contribution in [0.2, 0.25) is 0 Å². The van der Waals surface area contributed by atoms with E-state index in [4.69, 9.17) is 9.72 Å². The second-order valence-electron chi connectivity index (χ2n) is 9.28. The van der Waals surface area contributed by atoms with Crippen LogP contribution < -0.4 is 10.1 Å². The number of alkyl halides is 2. The summed E-state index contributed by atoms with van der Waals surface area (Å²) in [6.45, 7) is -3.01. The van der Waals surface area contributed by atoms with E-state index in [0.29, 0.717) is 29.2 Å². The third kappa shape index (κ3) is 2.90. The van der Waals surface area contributed by atoms with Gasteiger partial charge in [0.05, 0.1) is 29.5 Å². The molecule has 3 aliphatic heterocycles. The van der Waals surface area contributed by atoms with E-state index in [2.05, 4.69) is 10.3 Å². The van der Waals surface area contributed by atoms with Crippen LogP contribution in [0.25, 0.3) is 22.2 Å². The van der Waals surface area contributed by atoms with E-state index in [1.807, 2.05) is 28.8 Å². The predicted octanol–water partition coefficient (Wildman–Crippen LogP) is 4.31. The molecule has 0 spiro atoms. The Hall–Kier alpha value is -4.34. The van der Waals surface area contributed by atoms with Crippen LogP contribution in [0.5, 0.6) is 5.75 Å². The first-order valence-electron chi connectivity index (χ1n) is 11.5. The van der Waals surface area contributed by atoms with Crippen LogP contribution in [0.1, 0.15) is 45.8 Å². The van der Waals surface area contributed by atoms with Crippen LogP contribution in [-0.2, 0) is 11.2 Å². The minimum atomic E-state index is -3.01. The third-order valence-corrected chi connectivity index (χ3v) is 7.32. The van der Waals surface area contributed by atoms with Gasteiger partial charge < -0.3 is 19.5 Å². The van der Waals surface area contributed by atoms with Gasteiger partial charge in [-0.15, -0.1) is 0 Å². The van der Waals surface area contributed by atoms with Crippen molar-refractivity contribution in [1.82, 2.24) is 19.4 Å². The van der Waals surface area contributed by atoms with Crippen molar-refractivity contribution in [3.8, 4) is 16.9 Å². The van der Waals surface area contributed by atoms with E-state index in [0.717, 1.165) is 27.7 Å². The Morgan fingerprint density at radius 2 is 1.97 bits per heavy atom.